The lowest BCUT2D eigenvalue weighted by molar-refractivity contribution is -0.117. The van der Waals surface area contributed by atoms with Gasteiger partial charge in [-0.05, 0) is 68.8 Å². The van der Waals surface area contributed by atoms with Gasteiger partial charge in [0.05, 0.1) is 25.9 Å². The molecule has 0 aliphatic carbocycles. The molecule has 0 radical (unpaired) electrons. The highest BCUT2D eigenvalue weighted by molar-refractivity contribution is 6.02. The lowest BCUT2D eigenvalue weighted by Gasteiger charge is -2.31. The van der Waals surface area contributed by atoms with E-state index >= 15 is 0 Å². The molecular formula is C28H28F2N2O5. The van der Waals surface area contributed by atoms with E-state index in [1.165, 1.54) is 59.5 Å². The summed E-state index contributed by atoms with van der Waals surface area (Å²) in [5, 5.41) is 2.74. The number of rotatable bonds is 8. The average molecular weight is 511 g/mol. The highest BCUT2D eigenvalue weighted by Gasteiger charge is 2.35. The molecule has 0 bridgehead atoms. The Bertz CT molecular complexity index is 1270. The SMILES string of the molecule is CCOc1cc(C(=O)N2CC(=O)Nc3ccc(F)cc3[C@@H]2c2ccc(F)cc2)cc(OCC)c1OCC. The fraction of sp³-hybridized carbons (Fsp3) is 0.286. The van der Waals surface area contributed by atoms with Crippen LogP contribution in [0.5, 0.6) is 17.2 Å². The molecule has 194 valence electrons. The predicted octanol–water partition coefficient (Wildman–Crippen LogP) is 5.34. The summed E-state index contributed by atoms with van der Waals surface area (Å²) in [6.45, 7) is 6.11. The maximum absolute atomic E-state index is 14.4. The molecule has 0 unspecified atom stereocenters. The molecule has 0 aromatic heterocycles. The van der Waals surface area contributed by atoms with Crippen LogP contribution in [0, 0.1) is 11.6 Å². The van der Waals surface area contributed by atoms with Crippen molar-refractivity contribution in [2.45, 2.75) is 26.8 Å². The lowest BCUT2D eigenvalue weighted by Crippen LogP contribution is -2.39. The van der Waals surface area contributed by atoms with Gasteiger partial charge in [0.15, 0.2) is 11.5 Å². The van der Waals surface area contributed by atoms with Gasteiger partial charge < -0.3 is 24.4 Å². The van der Waals surface area contributed by atoms with Crippen LogP contribution in [-0.2, 0) is 4.79 Å². The summed E-state index contributed by atoms with van der Waals surface area (Å²) >= 11 is 0. The van der Waals surface area contributed by atoms with E-state index in [9.17, 15) is 18.4 Å². The van der Waals surface area contributed by atoms with Crippen molar-refractivity contribution in [1.82, 2.24) is 4.90 Å². The first-order chi connectivity index (χ1) is 17.9. The van der Waals surface area contributed by atoms with Crippen LogP contribution in [0.2, 0.25) is 0 Å². The number of carbonyl (C=O) groups excluding carboxylic acids is 2. The summed E-state index contributed by atoms with van der Waals surface area (Å²) in [5.74, 6) is -0.950. The Morgan fingerprint density at radius 3 is 2.08 bits per heavy atom. The maximum atomic E-state index is 14.4. The van der Waals surface area contributed by atoms with Crippen LogP contribution in [0.1, 0.15) is 48.3 Å². The Labute approximate surface area is 213 Å². The number of benzene rings is 3. The second-order valence-corrected chi connectivity index (χ2v) is 8.27. The first-order valence-corrected chi connectivity index (χ1v) is 12.1. The molecule has 1 aliphatic heterocycles. The van der Waals surface area contributed by atoms with Crippen LogP contribution >= 0.6 is 0 Å². The monoisotopic (exact) mass is 510 g/mol. The summed E-state index contributed by atoms with van der Waals surface area (Å²) < 4.78 is 45.4. The molecular weight excluding hydrogens is 482 g/mol. The fourth-order valence-corrected chi connectivity index (χ4v) is 4.35. The van der Waals surface area contributed by atoms with Gasteiger partial charge in [0.1, 0.15) is 18.2 Å². The molecule has 9 heteroatoms. The molecule has 37 heavy (non-hydrogen) atoms. The normalized spacial score (nSPS) is 14.9. The van der Waals surface area contributed by atoms with Crippen LogP contribution in [-0.4, -0.2) is 43.1 Å². The molecule has 0 spiro atoms. The lowest BCUT2D eigenvalue weighted by atomic mass is 9.95. The summed E-state index contributed by atoms with van der Waals surface area (Å²) in [5.41, 5.74) is 1.44. The zero-order valence-electron chi connectivity index (χ0n) is 20.8. The third kappa shape index (κ3) is 5.50. The summed E-state index contributed by atoms with van der Waals surface area (Å²) in [6.07, 6.45) is 0. The number of anilines is 1. The average Bonchev–Trinajstić information content (AvgIpc) is 3.01. The van der Waals surface area contributed by atoms with E-state index in [-0.39, 0.29) is 12.1 Å². The molecule has 0 saturated heterocycles. The number of fused-ring (bicyclic) bond motifs is 1. The van der Waals surface area contributed by atoms with Crippen LogP contribution < -0.4 is 19.5 Å². The zero-order valence-corrected chi connectivity index (χ0v) is 20.8. The summed E-state index contributed by atoms with van der Waals surface area (Å²) in [4.78, 5) is 28.2. The number of carbonyl (C=O) groups is 2. The third-order valence-electron chi connectivity index (χ3n) is 5.81. The van der Waals surface area contributed by atoms with E-state index in [4.69, 9.17) is 14.2 Å². The fourth-order valence-electron chi connectivity index (χ4n) is 4.35. The number of amides is 2. The molecule has 3 aromatic carbocycles. The van der Waals surface area contributed by atoms with Crippen molar-refractivity contribution in [3.8, 4) is 17.2 Å². The molecule has 1 heterocycles. The van der Waals surface area contributed by atoms with E-state index in [2.05, 4.69) is 5.32 Å². The minimum Gasteiger partial charge on any atom is -0.490 e. The van der Waals surface area contributed by atoms with Crippen LogP contribution in [0.3, 0.4) is 0 Å². The molecule has 4 rings (SSSR count). The van der Waals surface area contributed by atoms with Crippen molar-refractivity contribution in [3.05, 3.63) is 82.9 Å². The summed E-state index contributed by atoms with van der Waals surface area (Å²) in [6, 6.07) is 11.7. The van der Waals surface area contributed by atoms with E-state index < -0.39 is 29.5 Å². The highest BCUT2D eigenvalue weighted by Crippen LogP contribution is 2.41. The van der Waals surface area contributed by atoms with Gasteiger partial charge >= 0.3 is 0 Å². The van der Waals surface area contributed by atoms with Gasteiger partial charge in [-0.15, -0.1) is 0 Å². The van der Waals surface area contributed by atoms with Crippen molar-refractivity contribution in [3.63, 3.8) is 0 Å². The molecule has 7 nitrogen and oxygen atoms in total. The second kappa shape index (κ2) is 11.3. The van der Waals surface area contributed by atoms with Crippen molar-refractivity contribution >= 4 is 17.5 Å². The predicted molar refractivity (Wildman–Crippen MR) is 134 cm³/mol. The molecule has 2 amide bonds. The van der Waals surface area contributed by atoms with Gasteiger partial charge in [0.2, 0.25) is 11.7 Å². The van der Waals surface area contributed by atoms with E-state index in [1.807, 2.05) is 6.92 Å². The van der Waals surface area contributed by atoms with Crippen molar-refractivity contribution in [1.29, 1.82) is 0 Å². The largest absolute Gasteiger partial charge is 0.490 e. The van der Waals surface area contributed by atoms with Gasteiger partial charge in [-0.25, -0.2) is 8.78 Å². The molecule has 0 saturated carbocycles. The van der Waals surface area contributed by atoms with Crippen LogP contribution in [0.25, 0.3) is 0 Å². The van der Waals surface area contributed by atoms with E-state index in [1.54, 1.807) is 13.8 Å². The number of ether oxygens (including phenoxy) is 3. The van der Waals surface area contributed by atoms with Crippen molar-refractivity contribution in [2.75, 3.05) is 31.7 Å². The minimum atomic E-state index is -0.879. The number of halogens is 2. The Hall–Kier alpha value is -4.14. The van der Waals surface area contributed by atoms with Gasteiger partial charge in [0, 0.05) is 16.8 Å². The van der Waals surface area contributed by atoms with E-state index in [0.717, 1.165) is 0 Å². The first-order valence-electron chi connectivity index (χ1n) is 12.1. The van der Waals surface area contributed by atoms with Gasteiger partial charge in [-0.2, -0.15) is 0 Å². The minimum absolute atomic E-state index is 0.190. The van der Waals surface area contributed by atoms with E-state index in [0.29, 0.717) is 53.9 Å². The van der Waals surface area contributed by atoms with Gasteiger partial charge in [-0.1, -0.05) is 12.1 Å². The second-order valence-electron chi connectivity index (χ2n) is 8.27. The highest BCUT2D eigenvalue weighted by atomic mass is 19.1. The molecule has 0 fully saturated rings. The Morgan fingerprint density at radius 2 is 1.49 bits per heavy atom. The number of nitrogens with one attached hydrogen (secondary N) is 1. The quantitative estimate of drug-likeness (QED) is 0.443. The van der Waals surface area contributed by atoms with Crippen molar-refractivity contribution < 1.29 is 32.6 Å². The Kier molecular flexibility index (Phi) is 7.91. The zero-order chi connectivity index (χ0) is 26.5. The maximum Gasteiger partial charge on any atom is 0.255 e. The smallest absolute Gasteiger partial charge is 0.255 e. The first kappa shape index (κ1) is 25.9. The molecule has 1 aliphatic rings. The Balaban J connectivity index is 1.88. The summed E-state index contributed by atoms with van der Waals surface area (Å²) in [7, 11) is 0. The van der Waals surface area contributed by atoms with Gasteiger partial charge in [-0.3, -0.25) is 9.59 Å². The molecule has 1 atom stereocenters. The topological polar surface area (TPSA) is 77.1 Å². The molecule has 3 aromatic rings. The van der Waals surface area contributed by atoms with Crippen molar-refractivity contribution in [2.24, 2.45) is 0 Å². The third-order valence-corrected chi connectivity index (χ3v) is 5.81. The molecule has 1 N–H and O–H groups in total. The van der Waals surface area contributed by atoms with Crippen LogP contribution in [0.15, 0.2) is 54.6 Å². The standard InChI is InChI=1S/C28H28F2N2O5/c1-4-35-23-13-18(14-24(36-5-2)27(23)37-6-3)28(34)32-16-25(33)31-22-12-11-20(30)15-21(22)26(32)17-7-9-19(29)10-8-17/h7-15,26H,4-6,16H2,1-3H3,(H,31,33)/t26-/m0/s1. The van der Waals surface area contributed by atoms with Gasteiger partial charge in [0.25, 0.3) is 5.91 Å². The van der Waals surface area contributed by atoms with Crippen LogP contribution in [0.4, 0.5) is 14.5 Å². The number of nitrogens with zero attached hydrogens (tertiary/aromatic N) is 1. The number of hydrogen-bond donors (Lipinski definition) is 1. The Morgan fingerprint density at radius 1 is 0.892 bits per heavy atom. The number of hydrogen-bond acceptors (Lipinski definition) is 5.